The highest BCUT2D eigenvalue weighted by Crippen LogP contribution is 2.19. The number of carbonyl (C=O) groups excluding carboxylic acids is 1. The fourth-order valence-electron chi connectivity index (χ4n) is 4.43. The van der Waals surface area contributed by atoms with Crippen LogP contribution in [-0.4, -0.2) is 55.3 Å². The van der Waals surface area contributed by atoms with Gasteiger partial charge in [-0.1, -0.05) is 110 Å². The Balaban J connectivity index is 3.63. The van der Waals surface area contributed by atoms with Crippen LogP contribution in [0.4, 0.5) is 0 Å². The van der Waals surface area contributed by atoms with Gasteiger partial charge in [-0.15, -0.1) is 0 Å². The number of quaternary nitrogens is 1. The molecule has 0 rings (SSSR count). The second-order valence-corrected chi connectivity index (χ2v) is 11.2. The molecule has 2 unspecified atom stereocenters. The van der Waals surface area contributed by atoms with Crippen LogP contribution >= 0.6 is 0 Å². The number of aliphatic carboxylic acids is 1. The summed E-state index contributed by atoms with van der Waals surface area (Å²) in [6, 6.07) is 0. The first kappa shape index (κ1) is 31.9. The van der Waals surface area contributed by atoms with Crippen molar-refractivity contribution in [1.82, 2.24) is 0 Å². The zero-order valence-electron chi connectivity index (χ0n) is 22.7. The summed E-state index contributed by atoms with van der Waals surface area (Å²) in [5.41, 5.74) is 0. The van der Waals surface area contributed by atoms with Gasteiger partial charge in [0.1, 0.15) is 6.54 Å². The van der Waals surface area contributed by atoms with Crippen LogP contribution in [0.5, 0.6) is 0 Å². The van der Waals surface area contributed by atoms with E-state index in [-0.39, 0.29) is 12.4 Å². The van der Waals surface area contributed by atoms with E-state index in [1.165, 1.54) is 83.5 Å². The summed E-state index contributed by atoms with van der Waals surface area (Å²) >= 11 is 0. The van der Waals surface area contributed by atoms with Gasteiger partial charge in [-0.05, 0) is 12.3 Å². The molecule has 0 heterocycles. The van der Waals surface area contributed by atoms with Gasteiger partial charge in [0, 0.05) is 6.42 Å². The average Bonchev–Trinajstić information content (AvgIpc) is 2.70. The van der Waals surface area contributed by atoms with E-state index in [2.05, 4.69) is 13.8 Å². The molecule has 0 spiro atoms. The third-order valence-electron chi connectivity index (χ3n) is 6.33. The first-order valence-electron chi connectivity index (χ1n) is 13.9. The molecule has 0 aliphatic carbocycles. The molecule has 0 fully saturated rings. The summed E-state index contributed by atoms with van der Waals surface area (Å²) in [5, 5.41) is 9.04. The van der Waals surface area contributed by atoms with Crippen LogP contribution in [0.2, 0.25) is 0 Å². The monoisotopic (exact) mass is 470 g/mol. The number of hydrogen-bond donors (Lipinski definition) is 1. The third-order valence-corrected chi connectivity index (χ3v) is 6.33. The fraction of sp³-hybridized carbons (Fsp3) is 0.929. The zero-order valence-corrected chi connectivity index (χ0v) is 22.7. The normalized spacial score (nSPS) is 13.6. The predicted molar refractivity (Wildman–Crippen MR) is 138 cm³/mol. The van der Waals surface area contributed by atoms with Gasteiger partial charge in [-0.2, -0.15) is 0 Å². The van der Waals surface area contributed by atoms with Gasteiger partial charge < -0.3 is 14.3 Å². The average molecular weight is 471 g/mol. The van der Waals surface area contributed by atoms with Gasteiger partial charge in [0.15, 0.2) is 6.10 Å². The van der Waals surface area contributed by atoms with Gasteiger partial charge in [0.05, 0.1) is 27.6 Å². The van der Waals surface area contributed by atoms with E-state index in [0.29, 0.717) is 17.4 Å². The summed E-state index contributed by atoms with van der Waals surface area (Å²) in [4.78, 5) is 23.1. The van der Waals surface area contributed by atoms with Crippen molar-refractivity contribution in [2.45, 2.75) is 136 Å². The number of rotatable bonds is 23. The third kappa shape index (κ3) is 23.8. The maximum atomic E-state index is 12.1. The number of nitrogens with zero attached hydrogens (tertiary/aromatic N) is 1. The van der Waals surface area contributed by atoms with Crippen LogP contribution in [0.1, 0.15) is 129 Å². The number of ether oxygens (including phenoxy) is 1. The number of esters is 1. The van der Waals surface area contributed by atoms with Crippen LogP contribution in [0.15, 0.2) is 0 Å². The van der Waals surface area contributed by atoms with Crippen LogP contribution in [0.25, 0.3) is 0 Å². The van der Waals surface area contributed by atoms with Crippen LogP contribution in [-0.2, 0) is 14.3 Å². The van der Waals surface area contributed by atoms with E-state index >= 15 is 0 Å². The lowest BCUT2D eigenvalue weighted by Gasteiger charge is -2.28. The first-order chi connectivity index (χ1) is 15.6. The van der Waals surface area contributed by atoms with Crippen LogP contribution < -0.4 is 0 Å². The molecule has 2 atom stereocenters. The van der Waals surface area contributed by atoms with Gasteiger partial charge in [0.2, 0.25) is 0 Å². The Morgan fingerprint density at radius 1 is 0.758 bits per heavy atom. The van der Waals surface area contributed by atoms with Crippen molar-refractivity contribution >= 4 is 11.9 Å². The van der Waals surface area contributed by atoms with Crippen molar-refractivity contribution in [3.05, 3.63) is 0 Å². The summed E-state index contributed by atoms with van der Waals surface area (Å²) in [6.07, 6.45) is 20.5. The molecule has 0 saturated carbocycles. The van der Waals surface area contributed by atoms with E-state index in [1.807, 2.05) is 21.1 Å². The SMILES string of the molecule is CCCCCCCCCCC(C)CCCCCCCCC(=O)OC(CC(=O)O)C[N+](C)(C)C. The lowest BCUT2D eigenvalue weighted by Crippen LogP contribution is -2.43. The number of carbonyl (C=O) groups is 2. The maximum Gasteiger partial charge on any atom is 0.307 e. The standard InChI is InChI=1S/C28H55NO4/c1-6-7-8-9-10-11-14-17-20-25(2)21-18-15-12-13-16-19-22-28(32)33-26(23-27(30)31)24-29(3,4)5/h25-26H,6-24H2,1-5H3/p+1. The molecule has 5 nitrogen and oxygen atoms in total. The van der Waals surface area contributed by atoms with Gasteiger partial charge in [-0.3, -0.25) is 9.59 Å². The largest absolute Gasteiger partial charge is 0.481 e. The minimum Gasteiger partial charge on any atom is -0.481 e. The quantitative estimate of drug-likeness (QED) is 0.0962. The lowest BCUT2D eigenvalue weighted by molar-refractivity contribution is -0.873. The Bertz CT molecular complexity index is 487. The Hall–Kier alpha value is -1.10. The van der Waals surface area contributed by atoms with E-state index < -0.39 is 12.1 Å². The topological polar surface area (TPSA) is 63.6 Å². The summed E-state index contributed by atoms with van der Waals surface area (Å²) in [7, 11) is 5.92. The van der Waals surface area contributed by atoms with Crippen molar-refractivity contribution in [3.8, 4) is 0 Å². The van der Waals surface area contributed by atoms with Crippen LogP contribution in [0.3, 0.4) is 0 Å². The van der Waals surface area contributed by atoms with E-state index in [1.54, 1.807) is 0 Å². The summed E-state index contributed by atoms with van der Waals surface area (Å²) in [6.45, 7) is 5.19. The second kappa shape index (κ2) is 20.3. The molecule has 0 amide bonds. The molecule has 0 aromatic rings. The molecule has 0 saturated heterocycles. The van der Waals surface area contributed by atoms with Crippen molar-refractivity contribution in [1.29, 1.82) is 0 Å². The Morgan fingerprint density at radius 3 is 1.67 bits per heavy atom. The number of unbranched alkanes of at least 4 members (excludes halogenated alkanes) is 12. The van der Waals surface area contributed by atoms with E-state index in [4.69, 9.17) is 9.84 Å². The molecule has 1 N–H and O–H groups in total. The van der Waals surface area contributed by atoms with E-state index in [9.17, 15) is 9.59 Å². The number of carboxylic acid groups (broad SMARTS) is 1. The molecule has 0 aromatic heterocycles. The van der Waals surface area contributed by atoms with Gasteiger partial charge in [0.25, 0.3) is 0 Å². The maximum absolute atomic E-state index is 12.1. The molecule has 0 radical (unpaired) electrons. The highest BCUT2D eigenvalue weighted by atomic mass is 16.5. The first-order valence-corrected chi connectivity index (χ1v) is 13.9. The molecule has 0 aliphatic heterocycles. The number of carboxylic acids is 1. The molecular weight excluding hydrogens is 414 g/mol. The Morgan fingerprint density at radius 2 is 1.21 bits per heavy atom. The molecular formula is C28H56NO4+. The van der Waals surface area contributed by atoms with Crippen molar-refractivity contribution < 1.29 is 23.9 Å². The highest BCUT2D eigenvalue weighted by molar-refractivity contribution is 5.71. The Kier molecular flexibility index (Phi) is 19.6. The van der Waals surface area contributed by atoms with Gasteiger partial charge >= 0.3 is 11.9 Å². The minimum absolute atomic E-state index is 0.126. The molecule has 33 heavy (non-hydrogen) atoms. The highest BCUT2D eigenvalue weighted by Gasteiger charge is 2.24. The molecule has 5 heteroatoms. The minimum atomic E-state index is -0.923. The number of hydrogen-bond acceptors (Lipinski definition) is 3. The molecule has 0 bridgehead atoms. The van der Waals surface area contributed by atoms with Crippen molar-refractivity contribution in [2.24, 2.45) is 5.92 Å². The smallest absolute Gasteiger partial charge is 0.307 e. The van der Waals surface area contributed by atoms with Crippen LogP contribution in [0, 0.1) is 5.92 Å². The second-order valence-electron chi connectivity index (χ2n) is 11.2. The predicted octanol–water partition coefficient (Wildman–Crippen LogP) is 7.37. The summed E-state index contributed by atoms with van der Waals surface area (Å²) < 4.78 is 6.02. The molecule has 196 valence electrons. The fourth-order valence-corrected chi connectivity index (χ4v) is 4.43. The summed E-state index contributed by atoms with van der Waals surface area (Å²) in [5.74, 6) is -0.330. The molecule has 0 aliphatic rings. The lowest BCUT2D eigenvalue weighted by atomic mass is 9.96. The van der Waals surface area contributed by atoms with Crippen molar-refractivity contribution in [3.63, 3.8) is 0 Å². The Labute approximate surface area is 205 Å². The van der Waals surface area contributed by atoms with Gasteiger partial charge in [-0.25, -0.2) is 0 Å². The molecule has 0 aromatic carbocycles. The van der Waals surface area contributed by atoms with Crippen molar-refractivity contribution in [2.75, 3.05) is 27.7 Å². The van der Waals surface area contributed by atoms with E-state index in [0.717, 1.165) is 25.2 Å². The number of likely N-dealkylation sites (N-methyl/N-ethyl adjacent to an activating group) is 1. The zero-order chi connectivity index (χ0) is 25.0.